The third-order valence-corrected chi connectivity index (χ3v) is 6.51. The van der Waals surface area contributed by atoms with Gasteiger partial charge in [0.2, 0.25) is 0 Å². The Morgan fingerprint density at radius 1 is 1.41 bits per heavy atom. The van der Waals surface area contributed by atoms with Gasteiger partial charge in [-0.15, -0.1) is 0 Å². The SMILES string of the molecule is C=C1CC[C@@H]2O[C@]2(C)CC[C@@H]2[C@@H]1C[C@@]2(C)C[C@@H](O)C=C(C)C. The largest absolute Gasteiger partial charge is 0.389 e. The highest BCUT2D eigenvalue weighted by Gasteiger charge is 2.57. The number of rotatable bonds is 3. The monoisotopic (exact) mass is 304 g/mol. The summed E-state index contributed by atoms with van der Waals surface area (Å²) >= 11 is 0. The maximum Gasteiger partial charge on any atom is 0.0920 e. The lowest BCUT2D eigenvalue weighted by molar-refractivity contribution is -0.0475. The second-order valence-electron chi connectivity index (χ2n) is 8.74. The van der Waals surface area contributed by atoms with Crippen molar-refractivity contribution < 1.29 is 9.84 Å². The molecule has 124 valence electrons. The van der Waals surface area contributed by atoms with Crippen LogP contribution in [0.3, 0.4) is 0 Å². The summed E-state index contributed by atoms with van der Waals surface area (Å²) in [7, 11) is 0. The van der Waals surface area contributed by atoms with Gasteiger partial charge in [-0.2, -0.15) is 0 Å². The van der Waals surface area contributed by atoms with Gasteiger partial charge in [-0.1, -0.05) is 30.7 Å². The van der Waals surface area contributed by atoms with E-state index in [1.165, 1.54) is 30.4 Å². The standard InChI is InChI=1S/C20H32O2/c1-13(2)10-15(21)11-19(4)12-16-14(3)6-7-18-20(5,22-18)9-8-17(16)19/h10,15-18,21H,3,6-9,11-12H2,1-2,4-5H3/t15-,16+,17+,18-,19+,20+/m0/s1. The highest BCUT2D eigenvalue weighted by molar-refractivity contribution is 5.18. The molecule has 1 saturated heterocycles. The van der Waals surface area contributed by atoms with E-state index in [0.29, 0.717) is 17.9 Å². The fraction of sp³-hybridized carbons (Fsp3) is 0.800. The second kappa shape index (κ2) is 5.49. The van der Waals surface area contributed by atoms with Crippen LogP contribution in [0.5, 0.6) is 0 Å². The van der Waals surface area contributed by atoms with Crippen LogP contribution >= 0.6 is 0 Å². The summed E-state index contributed by atoms with van der Waals surface area (Å²) in [5, 5.41) is 10.3. The zero-order valence-corrected chi connectivity index (χ0v) is 14.7. The summed E-state index contributed by atoms with van der Waals surface area (Å²) in [6, 6.07) is 0. The highest BCUT2D eigenvalue weighted by Crippen LogP contribution is 2.61. The van der Waals surface area contributed by atoms with E-state index in [0.717, 1.165) is 19.3 Å². The molecule has 1 heterocycles. The average Bonchev–Trinajstić information content (AvgIpc) is 3.02. The van der Waals surface area contributed by atoms with Gasteiger partial charge in [0, 0.05) is 0 Å². The van der Waals surface area contributed by atoms with Crippen LogP contribution in [0.1, 0.15) is 66.2 Å². The lowest BCUT2D eigenvalue weighted by Crippen LogP contribution is -2.48. The van der Waals surface area contributed by atoms with Crippen LogP contribution in [0.25, 0.3) is 0 Å². The lowest BCUT2D eigenvalue weighted by atomic mass is 9.49. The zero-order chi connectivity index (χ0) is 16.1. The van der Waals surface area contributed by atoms with Crippen LogP contribution in [0, 0.1) is 17.3 Å². The van der Waals surface area contributed by atoms with Crippen LogP contribution in [0.4, 0.5) is 0 Å². The van der Waals surface area contributed by atoms with Gasteiger partial charge in [0.1, 0.15) is 0 Å². The summed E-state index contributed by atoms with van der Waals surface area (Å²) in [5.74, 6) is 1.34. The van der Waals surface area contributed by atoms with Gasteiger partial charge in [0.05, 0.1) is 17.8 Å². The number of epoxide rings is 1. The van der Waals surface area contributed by atoms with Crippen molar-refractivity contribution in [3.63, 3.8) is 0 Å². The molecule has 0 aromatic carbocycles. The van der Waals surface area contributed by atoms with E-state index in [2.05, 4.69) is 34.3 Å². The van der Waals surface area contributed by atoms with Crippen molar-refractivity contribution in [2.45, 2.75) is 84.0 Å². The van der Waals surface area contributed by atoms with Crippen molar-refractivity contribution in [2.24, 2.45) is 17.3 Å². The van der Waals surface area contributed by atoms with Crippen LogP contribution in [0.15, 0.2) is 23.8 Å². The molecule has 22 heavy (non-hydrogen) atoms. The molecular weight excluding hydrogens is 272 g/mol. The molecule has 1 N–H and O–H groups in total. The first kappa shape index (κ1) is 16.3. The Bertz CT molecular complexity index is 490. The minimum Gasteiger partial charge on any atom is -0.389 e. The predicted octanol–water partition coefficient (Wildman–Crippen LogP) is 4.63. The first-order chi connectivity index (χ1) is 10.2. The lowest BCUT2D eigenvalue weighted by Gasteiger charge is -2.55. The molecule has 0 aromatic rings. The average molecular weight is 304 g/mol. The number of aliphatic hydroxyl groups is 1. The maximum atomic E-state index is 10.3. The van der Waals surface area contributed by atoms with E-state index in [4.69, 9.17) is 4.74 Å². The fourth-order valence-corrected chi connectivity index (χ4v) is 5.08. The van der Waals surface area contributed by atoms with Crippen LogP contribution in [-0.2, 0) is 4.74 Å². The summed E-state index contributed by atoms with van der Waals surface area (Å²) < 4.78 is 5.94. The Labute approximate surface area is 135 Å². The predicted molar refractivity (Wildman–Crippen MR) is 90.6 cm³/mol. The van der Waals surface area contributed by atoms with E-state index >= 15 is 0 Å². The molecule has 0 spiro atoms. The summed E-state index contributed by atoms with van der Waals surface area (Å²) in [6.07, 6.45) is 8.89. The Morgan fingerprint density at radius 3 is 2.82 bits per heavy atom. The molecule has 0 amide bonds. The number of allylic oxidation sites excluding steroid dienone is 2. The van der Waals surface area contributed by atoms with E-state index in [1.807, 2.05) is 6.08 Å². The Balaban J connectivity index is 1.70. The molecule has 3 rings (SSSR count). The highest BCUT2D eigenvalue weighted by atomic mass is 16.6. The Hall–Kier alpha value is -0.600. The van der Waals surface area contributed by atoms with Crippen LogP contribution in [0.2, 0.25) is 0 Å². The molecular formula is C20H32O2. The van der Waals surface area contributed by atoms with Crippen molar-refractivity contribution in [3.8, 4) is 0 Å². The number of hydrogen-bond donors (Lipinski definition) is 1. The van der Waals surface area contributed by atoms with Gasteiger partial charge in [0.15, 0.2) is 0 Å². The van der Waals surface area contributed by atoms with Crippen molar-refractivity contribution >= 4 is 0 Å². The van der Waals surface area contributed by atoms with Crippen molar-refractivity contribution in [2.75, 3.05) is 0 Å². The van der Waals surface area contributed by atoms with Gasteiger partial charge >= 0.3 is 0 Å². The zero-order valence-electron chi connectivity index (χ0n) is 14.7. The third-order valence-electron chi connectivity index (χ3n) is 6.51. The molecule has 0 bridgehead atoms. The first-order valence-electron chi connectivity index (χ1n) is 8.92. The molecule has 6 atom stereocenters. The minimum atomic E-state index is -0.308. The molecule has 2 saturated carbocycles. The smallest absolute Gasteiger partial charge is 0.0920 e. The molecule has 0 radical (unpaired) electrons. The van der Waals surface area contributed by atoms with Gasteiger partial charge in [-0.3, -0.25) is 0 Å². The van der Waals surface area contributed by atoms with E-state index < -0.39 is 0 Å². The van der Waals surface area contributed by atoms with Crippen LogP contribution in [-0.4, -0.2) is 22.9 Å². The van der Waals surface area contributed by atoms with E-state index in [1.54, 1.807) is 0 Å². The summed E-state index contributed by atoms with van der Waals surface area (Å²) in [4.78, 5) is 0. The quantitative estimate of drug-likeness (QED) is 0.609. The Morgan fingerprint density at radius 2 is 2.14 bits per heavy atom. The van der Waals surface area contributed by atoms with Crippen molar-refractivity contribution in [3.05, 3.63) is 23.8 Å². The fourth-order valence-electron chi connectivity index (χ4n) is 5.08. The number of hydrogen-bond acceptors (Lipinski definition) is 2. The molecule has 0 aromatic heterocycles. The molecule has 3 aliphatic rings. The number of fused-ring (bicyclic) bond motifs is 2. The first-order valence-corrected chi connectivity index (χ1v) is 8.92. The minimum absolute atomic E-state index is 0.129. The van der Waals surface area contributed by atoms with Gasteiger partial charge in [0.25, 0.3) is 0 Å². The maximum absolute atomic E-state index is 10.3. The van der Waals surface area contributed by atoms with Crippen molar-refractivity contribution in [1.29, 1.82) is 0 Å². The van der Waals surface area contributed by atoms with Gasteiger partial charge < -0.3 is 9.84 Å². The van der Waals surface area contributed by atoms with Crippen molar-refractivity contribution in [1.82, 2.24) is 0 Å². The molecule has 2 heteroatoms. The van der Waals surface area contributed by atoms with E-state index in [9.17, 15) is 5.11 Å². The van der Waals surface area contributed by atoms with Gasteiger partial charge in [-0.05, 0) is 76.5 Å². The van der Waals surface area contributed by atoms with Gasteiger partial charge in [-0.25, -0.2) is 0 Å². The van der Waals surface area contributed by atoms with Crippen LogP contribution < -0.4 is 0 Å². The number of aliphatic hydroxyl groups excluding tert-OH is 1. The number of ether oxygens (including phenoxy) is 1. The Kier molecular flexibility index (Phi) is 4.06. The van der Waals surface area contributed by atoms with E-state index in [-0.39, 0.29) is 17.1 Å². The molecule has 3 fully saturated rings. The molecule has 0 unspecified atom stereocenters. The normalized spacial score (nSPS) is 45.3. The summed E-state index contributed by atoms with van der Waals surface area (Å²) in [6.45, 7) is 13.1. The second-order valence-corrected chi connectivity index (χ2v) is 8.74. The molecule has 2 aliphatic carbocycles. The topological polar surface area (TPSA) is 32.8 Å². The third kappa shape index (κ3) is 2.92. The molecule has 2 nitrogen and oxygen atoms in total. The summed E-state index contributed by atoms with van der Waals surface area (Å²) in [5.41, 5.74) is 3.01. The molecule has 1 aliphatic heterocycles.